The standard InChI is InChI=1S/C30H22F2N2O3S/c31-22-12-16-24(17-13-22)33-34-30(21-10-11-21)27-9-5-4-8-26(27)28(37-30)29(20-6-2-1-3-7-20)38(35,36)25-18-14-23(32)15-19-25/h1-9,12-19,21H,10-11H2/b29-28-,34-33?/t30-/m1/s1. The first-order chi connectivity index (χ1) is 18.4. The van der Waals surface area contributed by atoms with Crippen LogP contribution in [0.2, 0.25) is 0 Å². The van der Waals surface area contributed by atoms with Gasteiger partial charge in [-0.05, 0) is 66.9 Å². The van der Waals surface area contributed by atoms with E-state index in [1.165, 1.54) is 36.4 Å². The molecule has 1 fully saturated rings. The summed E-state index contributed by atoms with van der Waals surface area (Å²) in [6.07, 6.45) is 1.66. The van der Waals surface area contributed by atoms with Gasteiger partial charge in [0.15, 0.2) is 5.76 Å². The Morgan fingerprint density at radius 2 is 1.39 bits per heavy atom. The summed E-state index contributed by atoms with van der Waals surface area (Å²) in [4.78, 5) is -0.0835. The number of azo groups is 1. The Morgan fingerprint density at radius 3 is 2.05 bits per heavy atom. The lowest BCUT2D eigenvalue weighted by Crippen LogP contribution is -2.25. The van der Waals surface area contributed by atoms with Crippen LogP contribution in [-0.4, -0.2) is 8.42 Å². The maximum Gasteiger partial charge on any atom is 0.248 e. The van der Waals surface area contributed by atoms with Crippen LogP contribution < -0.4 is 0 Å². The van der Waals surface area contributed by atoms with Crippen molar-refractivity contribution in [2.45, 2.75) is 23.5 Å². The highest BCUT2D eigenvalue weighted by molar-refractivity contribution is 8.01. The van der Waals surface area contributed by atoms with Gasteiger partial charge in [-0.3, -0.25) is 0 Å². The summed E-state index contributed by atoms with van der Waals surface area (Å²) in [5.41, 5.74) is 0.961. The van der Waals surface area contributed by atoms with Crippen molar-refractivity contribution in [1.82, 2.24) is 0 Å². The molecule has 0 bridgehead atoms. The molecule has 38 heavy (non-hydrogen) atoms. The van der Waals surface area contributed by atoms with Gasteiger partial charge in [0, 0.05) is 17.0 Å². The van der Waals surface area contributed by atoms with Crippen LogP contribution in [0.3, 0.4) is 0 Å². The molecule has 1 aliphatic heterocycles. The Bertz CT molecular complexity index is 1670. The third-order valence-electron chi connectivity index (χ3n) is 6.72. The van der Waals surface area contributed by atoms with Crippen LogP contribution in [0.4, 0.5) is 14.5 Å². The number of sulfone groups is 1. The van der Waals surface area contributed by atoms with Crippen molar-refractivity contribution in [3.05, 3.63) is 131 Å². The summed E-state index contributed by atoms with van der Waals surface area (Å²) in [5, 5.41) is 9.03. The second-order valence-electron chi connectivity index (χ2n) is 9.28. The molecule has 0 unspecified atom stereocenters. The van der Waals surface area contributed by atoms with Crippen LogP contribution in [0.5, 0.6) is 0 Å². The molecule has 1 atom stereocenters. The molecule has 5 nitrogen and oxygen atoms in total. The molecule has 0 amide bonds. The smallest absolute Gasteiger partial charge is 0.248 e. The molecule has 1 heterocycles. The van der Waals surface area contributed by atoms with Crippen LogP contribution in [0.15, 0.2) is 118 Å². The van der Waals surface area contributed by atoms with Gasteiger partial charge >= 0.3 is 0 Å². The van der Waals surface area contributed by atoms with E-state index in [9.17, 15) is 17.2 Å². The normalized spacial score (nSPS) is 20.3. The molecule has 6 rings (SSSR count). The fourth-order valence-corrected chi connectivity index (χ4v) is 6.30. The lowest BCUT2D eigenvalue weighted by atomic mass is 9.95. The van der Waals surface area contributed by atoms with Crippen molar-refractivity contribution in [1.29, 1.82) is 0 Å². The van der Waals surface area contributed by atoms with Crippen molar-refractivity contribution in [2.75, 3.05) is 0 Å². The molecule has 2 aliphatic rings. The van der Waals surface area contributed by atoms with Crippen LogP contribution in [-0.2, 0) is 20.3 Å². The Labute approximate surface area is 219 Å². The van der Waals surface area contributed by atoms with Crippen molar-refractivity contribution in [3.8, 4) is 0 Å². The van der Waals surface area contributed by atoms with Crippen LogP contribution >= 0.6 is 0 Å². The Kier molecular flexibility index (Phi) is 5.91. The first-order valence-electron chi connectivity index (χ1n) is 12.2. The number of fused-ring (bicyclic) bond motifs is 1. The van der Waals surface area contributed by atoms with E-state index in [1.807, 2.05) is 24.3 Å². The van der Waals surface area contributed by atoms with Gasteiger partial charge in [-0.25, -0.2) is 17.2 Å². The molecule has 0 aromatic heterocycles. The van der Waals surface area contributed by atoms with Gasteiger partial charge in [0.2, 0.25) is 15.6 Å². The van der Waals surface area contributed by atoms with E-state index in [4.69, 9.17) is 4.74 Å². The van der Waals surface area contributed by atoms with E-state index in [2.05, 4.69) is 10.2 Å². The van der Waals surface area contributed by atoms with Gasteiger partial charge in [0.25, 0.3) is 0 Å². The van der Waals surface area contributed by atoms with Crippen molar-refractivity contribution < 1.29 is 21.9 Å². The van der Waals surface area contributed by atoms with Crippen molar-refractivity contribution >= 4 is 26.2 Å². The predicted molar refractivity (Wildman–Crippen MR) is 140 cm³/mol. The average molecular weight is 529 g/mol. The van der Waals surface area contributed by atoms with Gasteiger partial charge in [-0.1, -0.05) is 54.6 Å². The van der Waals surface area contributed by atoms with Gasteiger partial charge in [-0.2, -0.15) is 5.11 Å². The molecular formula is C30H22F2N2O3S. The van der Waals surface area contributed by atoms with E-state index in [0.29, 0.717) is 22.4 Å². The third kappa shape index (κ3) is 4.20. The highest BCUT2D eigenvalue weighted by Crippen LogP contribution is 2.58. The highest BCUT2D eigenvalue weighted by Gasteiger charge is 2.56. The van der Waals surface area contributed by atoms with E-state index in [-0.39, 0.29) is 27.3 Å². The molecular weight excluding hydrogens is 506 g/mol. The van der Waals surface area contributed by atoms with Crippen molar-refractivity contribution in [2.24, 2.45) is 16.1 Å². The lowest BCUT2D eigenvalue weighted by molar-refractivity contribution is 0.0311. The molecule has 4 aromatic rings. The number of benzene rings is 4. The van der Waals surface area contributed by atoms with E-state index >= 15 is 0 Å². The van der Waals surface area contributed by atoms with Crippen LogP contribution in [0, 0.1) is 17.6 Å². The molecule has 0 spiro atoms. The summed E-state index contributed by atoms with van der Waals surface area (Å²) in [5.74, 6) is -0.765. The minimum atomic E-state index is -4.15. The van der Waals surface area contributed by atoms with E-state index in [1.54, 1.807) is 30.3 Å². The largest absolute Gasteiger partial charge is 0.458 e. The molecule has 0 N–H and O–H groups in total. The maximum atomic E-state index is 14.1. The quantitative estimate of drug-likeness (QED) is 0.191. The molecule has 4 aromatic carbocycles. The second-order valence-corrected chi connectivity index (χ2v) is 11.2. The Hall–Kier alpha value is -4.17. The number of halogens is 2. The number of hydrogen-bond acceptors (Lipinski definition) is 5. The first-order valence-corrected chi connectivity index (χ1v) is 13.6. The molecule has 1 aliphatic carbocycles. The SMILES string of the molecule is O=S(=O)(/C(=C1\O[C@](N=Nc2ccc(F)cc2)(C2CC2)c2ccccc21)c1ccccc1)c1ccc(F)cc1. The Morgan fingerprint density at radius 1 is 0.789 bits per heavy atom. The predicted octanol–water partition coefficient (Wildman–Crippen LogP) is 7.64. The zero-order valence-corrected chi connectivity index (χ0v) is 20.9. The summed E-state index contributed by atoms with van der Waals surface area (Å²) < 4.78 is 61.9. The zero-order valence-electron chi connectivity index (χ0n) is 20.1. The number of hydrogen-bond donors (Lipinski definition) is 0. The van der Waals surface area contributed by atoms with E-state index in [0.717, 1.165) is 25.0 Å². The summed E-state index contributed by atoms with van der Waals surface area (Å²) in [6, 6.07) is 26.4. The number of rotatable bonds is 6. The summed E-state index contributed by atoms with van der Waals surface area (Å²) in [7, 11) is -4.15. The second kappa shape index (κ2) is 9.29. The fraction of sp³-hybridized carbons (Fsp3) is 0.133. The van der Waals surface area contributed by atoms with Crippen molar-refractivity contribution in [3.63, 3.8) is 0 Å². The molecule has 190 valence electrons. The summed E-state index contributed by atoms with van der Waals surface area (Å²) >= 11 is 0. The van der Waals surface area contributed by atoms with Gasteiger partial charge in [0.1, 0.15) is 16.5 Å². The zero-order chi connectivity index (χ0) is 26.3. The van der Waals surface area contributed by atoms with Gasteiger partial charge < -0.3 is 4.74 Å². The number of nitrogens with zero attached hydrogens (tertiary/aromatic N) is 2. The summed E-state index contributed by atoms with van der Waals surface area (Å²) in [6.45, 7) is 0. The lowest BCUT2D eigenvalue weighted by Gasteiger charge is -2.24. The third-order valence-corrected chi connectivity index (χ3v) is 8.57. The average Bonchev–Trinajstić information content (AvgIpc) is 3.74. The van der Waals surface area contributed by atoms with Crippen LogP contribution in [0.25, 0.3) is 10.7 Å². The topological polar surface area (TPSA) is 68.1 Å². The minimum Gasteiger partial charge on any atom is -0.458 e. The molecule has 1 saturated carbocycles. The molecule has 8 heteroatoms. The maximum absolute atomic E-state index is 14.1. The highest BCUT2D eigenvalue weighted by atomic mass is 32.2. The van der Waals surface area contributed by atoms with Gasteiger partial charge in [0.05, 0.1) is 10.6 Å². The van der Waals surface area contributed by atoms with Gasteiger partial charge in [-0.15, -0.1) is 5.11 Å². The van der Waals surface area contributed by atoms with Crippen LogP contribution in [0.1, 0.15) is 29.5 Å². The first kappa shape index (κ1) is 24.2. The Balaban J connectivity index is 1.58. The molecule has 0 radical (unpaired) electrons. The van der Waals surface area contributed by atoms with E-state index < -0.39 is 21.4 Å². The monoisotopic (exact) mass is 528 g/mol. The number of ether oxygens (including phenoxy) is 1. The fourth-order valence-electron chi connectivity index (χ4n) is 4.73. The minimum absolute atomic E-state index is 0.0177. The molecule has 0 saturated heterocycles.